The summed E-state index contributed by atoms with van der Waals surface area (Å²) in [6.45, 7) is 3.69. The summed E-state index contributed by atoms with van der Waals surface area (Å²) < 4.78 is 5.05. The van der Waals surface area contributed by atoms with Gasteiger partial charge in [0.25, 0.3) is 0 Å². The van der Waals surface area contributed by atoms with Crippen molar-refractivity contribution in [2.24, 2.45) is 5.73 Å². The number of esters is 1. The lowest BCUT2D eigenvalue weighted by atomic mass is 9.92. The summed E-state index contributed by atoms with van der Waals surface area (Å²) in [4.78, 5) is 22.2. The minimum absolute atomic E-state index is 0.312. The van der Waals surface area contributed by atoms with E-state index in [9.17, 15) is 9.59 Å². The lowest BCUT2D eigenvalue weighted by Gasteiger charge is -2.13. The van der Waals surface area contributed by atoms with E-state index < -0.39 is 11.9 Å². The van der Waals surface area contributed by atoms with E-state index in [1.54, 1.807) is 6.08 Å². The van der Waals surface area contributed by atoms with Crippen molar-refractivity contribution in [1.82, 2.24) is 0 Å². The van der Waals surface area contributed by atoms with E-state index in [1.165, 1.54) is 6.08 Å². The maximum absolute atomic E-state index is 11.2. The number of nitrogens with two attached hydrogens (primary N) is 1. The molecule has 2 N–H and O–H groups in total. The van der Waals surface area contributed by atoms with Crippen LogP contribution in [0.4, 0.5) is 0 Å². The average Bonchev–Trinajstić information content (AvgIpc) is 2.64. The van der Waals surface area contributed by atoms with Crippen molar-refractivity contribution in [1.29, 1.82) is 0 Å². The van der Waals surface area contributed by atoms with Crippen LogP contribution in [0.3, 0.4) is 0 Å². The van der Waals surface area contributed by atoms with Crippen molar-refractivity contribution in [3.63, 3.8) is 0 Å². The number of rotatable bonds is 8. The SMILES string of the molecule is C=CC(=O)OCCCc1c(/C=C/C(N)=O)cccc1-c1ccccc1. The largest absolute Gasteiger partial charge is 0.463 e. The predicted octanol–water partition coefficient (Wildman–Crippen LogP) is 3.51. The fourth-order valence-corrected chi connectivity index (χ4v) is 2.58. The molecule has 0 unspecified atom stereocenters. The summed E-state index contributed by atoms with van der Waals surface area (Å²) in [5, 5.41) is 0. The van der Waals surface area contributed by atoms with Crippen molar-refractivity contribution in [3.8, 4) is 11.1 Å². The zero-order valence-electron chi connectivity index (χ0n) is 14.0. The highest BCUT2D eigenvalue weighted by molar-refractivity contribution is 5.91. The summed E-state index contributed by atoms with van der Waals surface area (Å²) in [6, 6.07) is 15.9. The Bertz CT molecular complexity index is 779. The van der Waals surface area contributed by atoms with Crippen LogP contribution in [0.2, 0.25) is 0 Å². The fourth-order valence-electron chi connectivity index (χ4n) is 2.58. The topological polar surface area (TPSA) is 69.4 Å². The molecule has 2 aromatic rings. The molecule has 0 aliphatic carbocycles. The Morgan fingerprint density at radius 1 is 1.08 bits per heavy atom. The van der Waals surface area contributed by atoms with Gasteiger partial charge >= 0.3 is 5.97 Å². The van der Waals surface area contributed by atoms with E-state index in [2.05, 4.69) is 6.58 Å². The normalized spacial score (nSPS) is 10.6. The minimum Gasteiger partial charge on any atom is -0.463 e. The van der Waals surface area contributed by atoms with Gasteiger partial charge in [-0.2, -0.15) is 0 Å². The number of hydrogen-bond acceptors (Lipinski definition) is 3. The highest BCUT2D eigenvalue weighted by Crippen LogP contribution is 2.28. The maximum atomic E-state index is 11.2. The molecule has 0 heterocycles. The molecule has 0 aromatic heterocycles. The van der Waals surface area contributed by atoms with Gasteiger partial charge in [-0.25, -0.2) is 4.79 Å². The second-order valence-electron chi connectivity index (χ2n) is 5.45. The Labute approximate surface area is 147 Å². The molecule has 2 aromatic carbocycles. The van der Waals surface area contributed by atoms with Gasteiger partial charge in [-0.1, -0.05) is 55.1 Å². The molecule has 0 aliphatic heterocycles. The molecule has 0 bridgehead atoms. The predicted molar refractivity (Wildman–Crippen MR) is 99.6 cm³/mol. The number of amides is 1. The lowest BCUT2D eigenvalue weighted by molar-refractivity contribution is -0.137. The molecule has 128 valence electrons. The minimum atomic E-state index is -0.490. The Hall–Kier alpha value is -3.14. The number of benzene rings is 2. The summed E-state index contributed by atoms with van der Waals surface area (Å²) in [5.74, 6) is -0.916. The van der Waals surface area contributed by atoms with E-state index in [1.807, 2.05) is 48.5 Å². The standard InChI is InChI=1S/C21H21NO3/c1-2-21(24)25-15-7-12-19-17(13-14-20(22)23)10-6-11-18(19)16-8-4-3-5-9-16/h2-6,8-11,13-14H,1,7,12,15H2,(H2,22,23)/b14-13+. The first kappa shape index (κ1) is 18.2. The molecule has 25 heavy (non-hydrogen) atoms. The first-order chi connectivity index (χ1) is 12.1. The lowest BCUT2D eigenvalue weighted by Crippen LogP contribution is -2.06. The van der Waals surface area contributed by atoms with Crippen LogP contribution in [-0.2, 0) is 20.7 Å². The number of carbonyl (C=O) groups is 2. The monoisotopic (exact) mass is 335 g/mol. The summed E-state index contributed by atoms with van der Waals surface area (Å²) in [5.41, 5.74) is 9.41. The highest BCUT2D eigenvalue weighted by atomic mass is 16.5. The van der Waals surface area contributed by atoms with Gasteiger partial charge in [-0.15, -0.1) is 0 Å². The highest BCUT2D eigenvalue weighted by Gasteiger charge is 2.09. The first-order valence-corrected chi connectivity index (χ1v) is 8.06. The van der Waals surface area contributed by atoms with Crippen LogP contribution in [0.25, 0.3) is 17.2 Å². The van der Waals surface area contributed by atoms with E-state index in [0.29, 0.717) is 19.4 Å². The third-order valence-electron chi connectivity index (χ3n) is 3.71. The van der Waals surface area contributed by atoms with Crippen LogP contribution in [0.15, 0.2) is 67.3 Å². The average molecular weight is 335 g/mol. The van der Waals surface area contributed by atoms with Crippen LogP contribution in [0.1, 0.15) is 17.5 Å². The Balaban J connectivity index is 2.29. The van der Waals surface area contributed by atoms with E-state index in [4.69, 9.17) is 10.5 Å². The molecule has 4 nitrogen and oxygen atoms in total. The second-order valence-corrected chi connectivity index (χ2v) is 5.45. The summed E-state index contributed by atoms with van der Waals surface area (Å²) in [7, 11) is 0. The van der Waals surface area contributed by atoms with Crippen LogP contribution < -0.4 is 5.73 Å². The number of carbonyl (C=O) groups excluding carboxylic acids is 2. The van der Waals surface area contributed by atoms with E-state index >= 15 is 0 Å². The van der Waals surface area contributed by atoms with Gasteiger partial charge in [-0.05, 0) is 41.2 Å². The van der Waals surface area contributed by atoms with E-state index in [0.717, 1.165) is 28.3 Å². The van der Waals surface area contributed by atoms with Gasteiger partial charge in [-0.3, -0.25) is 4.79 Å². The quantitative estimate of drug-likeness (QED) is 0.456. The Kier molecular flexibility index (Phi) is 6.72. The molecular formula is C21H21NO3. The Morgan fingerprint density at radius 3 is 2.52 bits per heavy atom. The van der Waals surface area contributed by atoms with Crippen LogP contribution in [-0.4, -0.2) is 18.5 Å². The molecule has 0 radical (unpaired) electrons. The number of primary amides is 1. The zero-order chi connectivity index (χ0) is 18.1. The van der Waals surface area contributed by atoms with Crippen molar-refractivity contribution in [2.45, 2.75) is 12.8 Å². The maximum Gasteiger partial charge on any atom is 0.330 e. The van der Waals surface area contributed by atoms with Crippen LogP contribution in [0, 0.1) is 0 Å². The van der Waals surface area contributed by atoms with Crippen molar-refractivity contribution in [2.75, 3.05) is 6.61 Å². The van der Waals surface area contributed by atoms with Gasteiger partial charge in [0.1, 0.15) is 0 Å². The van der Waals surface area contributed by atoms with Crippen molar-refractivity contribution >= 4 is 18.0 Å². The third-order valence-corrected chi connectivity index (χ3v) is 3.71. The molecule has 0 saturated carbocycles. The van der Waals surface area contributed by atoms with Gasteiger partial charge in [0.05, 0.1) is 6.61 Å². The summed E-state index contributed by atoms with van der Waals surface area (Å²) in [6.07, 6.45) is 5.60. The van der Waals surface area contributed by atoms with Crippen molar-refractivity contribution in [3.05, 3.63) is 78.4 Å². The van der Waals surface area contributed by atoms with Gasteiger partial charge in [0.2, 0.25) is 5.91 Å². The molecule has 0 atom stereocenters. The van der Waals surface area contributed by atoms with E-state index in [-0.39, 0.29) is 0 Å². The summed E-state index contributed by atoms with van der Waals surface area (Å²) >= 11 is 0. The molecule has 0 aliphatic rings. The van der Waals surface area contributed by atoms with Gasteiger partial charge < -0.3 is 10.5 Å². The molecule has 0 saturated heterocycles. The zero-order valence-corrected chi connectivity index (χ0v) is 14.0. The molecule has 0 fully saturated rings. The fraction of sp³-hybridized carbons (Fsp3) is 0.143. The smallest absolute Gasteiger partial charge is 0.330 e. The molecular weight excluding hydrogens is 314 g/mol. The molecule has 2 rings (SSSR count). The Morgan fingerprint density at radius 2 is 1.84 bits per heavy atom. The van der Waals surface area contributed by atoms with Crippen LogP contribution in [0.5, 0.6) is 0 Å². The van der Waals surface area contributed by atoms with Crippen LogP contribution >= 0.6 is 0 Å². The van der Waals surface area contributed by atoms with Gasteiger partial charge in [0.15, 0.2) is 0 Å². The molecule has 1 amide bonds. The third kappa shape index (κ3) is 5.46. The number of ether oxygens (including phenoxy) is 1. The van der Waals surface area contributed by atoms with Gasteiger partial charge in [0, 0.05) is 12.2 Å². The molecule has 0 spiro atoms. The number of hydrogen-bond donors (Lipinski definition) is 1. The van der Waals surface area contributed by atoms with Crippen molar-refractivity contribution < 1.29 is 14.3 Å². The molecule has 4 heteroatoms. The second kappa shape index (κ2) is 9.23. The first-order valence-electron chi connectivity index (χ1n) is 8.06.